The summed E-state index contributed by atoms with van der Waals surface area (Å²) in [5.41, 5.74) is 1.02. The van der Waals surface area contributed by atoms with Crippen molar-refractivity contribution < 1.29 is 4.42 Å². The molecule has 0 spiro atoms. The van der Waals surface area contributed by atoms with Gasteiger partial charge in [0.1, 0.15) is 5.76 Å². The highest BCUT2D eigenvalue weighted by molar-refractivity contribution is 5.06. The van der Waals surface area contributed by atoms with E-state index in [1.807, 2.05) is 27.7 Å². The van der Waals surface area contributed by atoms with Gasteiger partial charge in [-0.05, 0) is 6.92 Å². The smallest absolute Gasteiger partial charge is 0.191 e. The molecule has 0 aromatic carbocycles. The highest BCUT2D eigenvalue weighted by Crippen LogP contribution is 2.08. The Kier molecular flexibility index (Phi) is 4.59. The number of oxazole rings is 1. The van der Waals surface area contributed by atoms with Crippen LogP contribution in [0.1, 0.15) is 38.1 Å². The molecule has 2 heteroatoms. The van der Waals surface area contributed by atoms with E-state index in [1.165, 1.54) is 0 Å². The average molecular weight is 155 g/mol. The first kappa shape index (κ1) is 10.2. The Morgan fingerprint density at radius 3 is 2.00 bits per heavy atom. The van der Waals surface area contributed by atoms with Crippen LogP contribution in [0.25, 0.3) is 0 Å². The minimum atomic E-state index is 0.768. The van der Waals surface area contributed by atoms with Crippen molar-refractivity contribution in [1.82, 2.24) is 4.98 Å². The largest absolute Gasteiger partial charge is 0.446 e. The Bertz CT molecular complexity index is 203. The summed E-state index contributed by atoms with van der Waals surface area (Å²) >= 11 is 0. The number of aryl methyl sites for hydroxylation is 3. The summed E-state index contributed by atoms with van der Waals surface area (Å²) in [6.07, 6.45) is 0.937. The first-order valence-corrected chi connectivity index (χ1v) is 4.17. The van der Waals surface area contributed by atoms with E-state index in [0.717, 1.165) is 23.8 Å². The molecule has 11 heavy (non-hydrogen) atoms. The second-order valence-corrected chi connectivity index (χ2v) is 2.10. The van der Waals surface area contributed by atoms with Gasteiger partial charge in [-0.1, -0.05) is 20.8 Å². The Balaban J connectivity index is 0.000000461. The molecular formula is C9H17NO. The topological polar surface area (TPSA) is 26.0 Å². The molecule has 1 heterocycles. The standard InChI is InChI=1S/C7H11NO.C2H6/c1-4-7-5(2)8-6(3)9-7;1-2/h4H2,1-3H3;1-2H3. The van der Waals surface area contributed by atoms with Crippen LogP contribution in [0.2, 0.25) is 0 Å². The number of rotatable bonds is 1. The Hall–Kier alpha value is -0.790. The van der Waals surface area contributed by atoms with Crippen molar-refractivity contribution >= 4 is 0 Å². The van der Waals surface area contributed by atoms with Gasteiger partial charge in [0.05, 0.1) is 5.69 Å². The Morgan fingerprint density at radius 1 is 1.27 bits per heavy atom. The van der Waals surface area contributed by atoms with E-state index in [2.05, 4.69) is 11.9 Å². The zero-order chi connectivity index (χ0) is 8.85. The molecule has 0 radical (unpaired) electrons. The monoisotopic (exact) mass is 155 g/mol. The third-order valence-corrected chi connectivity index (χ3v) is 1.32. The third-order valence-electron chi connectivity index (χ3n) is 1.32. The lowest BCUT2D eigenvalue weighted by Gasteiger charge is -1.85. The van der Waals surface area contributed by atoms with Gasteiger partial charge in [-0.15, -0.1) is 0 Å². The highest BCUT2D eigenvalue weighted by atomic mass is 16.4. The van der Waals surface area contributed by atoms with Crippen molar-refractivity contribution in [3.05, 3.63) is 17.3 Å². The Morgan fingerprint density at radius 2 is 1.82 bits per heavy atom. The van der Waals surface area contributed by atoms with Crippen LogP contribution in [0.5, 0.6) is 0 Å². The number of hydrogen-bond acceptors (Lipinski definition) is 2. The Labute approximate surface area is 68.6 Å². The summed E-state index contributed by atoms with van der Waals surface area (Å²) in [6, 6.07) is 0. The van der Waals surface area contributed by atoms with E-state index in [9.17, 15) is 0 Å². The molecule has 1 rings (SSSR count). The zero-order valence-corrected chi connectivity index (χ0v) is 8.06. The van der Waals surface area contributed by atoms with Gasteiger partial charge in [0.2, 0.25) is 0 Å². The molecule has 1 aromatic heterocycles. The van der Waals surface area contributed by atoms with Gasteiger partial charge in [0.25, 0.3) is 0 Å². The molecule has 0 aliphatic heterocycles. The molecule has 0 N–H and O–H groups in total. The lowest BCUT2D eigenvalue weighted by atomic mass is 10.3. The van der Waals surface area contributed by atoms with E-state index in [1.54, 1.807) is 0 Å². The molecule has 0 aliphatic carbocycles. The molecule has 0 bridgehead atoms. The van der Waals surface area contributed by atoms with Crippen LogP contribution in [0.3, 0.4) is 0 Å². The van der Waals surface area contributed by atoms with Crippen LogP contribution < -0.4 is 0 Å². The van der Waals surface area contributed by atoms with Crippen LogP contribution in [-0.2, 0) is 6.42 Å². The first-order valence-electron chi connectivity index (χ1n) is 4.17. The summed E-state index contributed by atoms with van der Waals surface area (Å²) < 4.78 is 5.25. The predicted octanol–water partition coefficient (Wildman–Crippen LogP) is 2.88. The summed E-state index contributed by atoms with van der Waals surface area (Å²) in [5.74, 6) is 1.77. The fourth-order valence-corrected chi connectivity index (χ4v) is 0.901. The van der Waals surface area contributed by atoms with Crippen LogP contribution in [0.15, 0.2) is 4.42 Å². The third kappa shape index (κ3) is 2.74. The summed E-state index contributed by atoms with van der Waals surface area (Å²) in [5, 5.41) is 0. The highest BCUT2D eigenvalue weighted by Gasteiger charge is 2.01. The van der Waals surface area contributed by atoms with Crippen molar-refractivity contribution in [3.8, 4) is 0 Å². The maximum atomic E-state index is 5.25. The summed E-state index contributed by atoms with van der Waals surface area (Å²) in [7, 11) is 0. The van der Waals surface area contributed by atoms with E-state index in [0.29, 0.717) is 0 Å². The van der Waals surface area contributed by atoms with Gasteiger partial charge < -0.3 is 4.42 Å². The van der Waals surface area contributed by atoms with Crippen LogP contribution in [-0.4, -0.2) is 4.98 Å². The van der Waals surface area contributed by atoms with Crippen molar-refractivity contribution in [3.63, 3.8) is 0 Å². The molecule has 0 aliphatic rings. The molecule has 0 saturated carbocycles. The summed E-state index contributed by atoms with van der Waals surface area (Å²) in [4.78, 5) is 4.12. The molecule has 0 saturated heterocycles. The number of hydrogen-bond donors (Lipinski definition) is 0. The lowest BCUT2D eigenvalue weighted by Crippen LogP contribution is -1.78. The van der Waals surface area contributed by atoms with E-state index < -0.39 is 0 Å². The minimum Gasteiger partial charge on any atom is -0.446 e. The quantitative estimate of drug-likeness (QED) is 0.623. The normalized spacial score (nSPS) is 8.82. The number of aromatic nitrogens is 1. The molecular weight excluding hydrogens is 138 g/mol. The van der Waals surface area contributed by atoms with E-state index in [4.69, 9.17) is 4.42 Å². The maximum absolute atomic E-state index is 5.25. The van der Waals surface area contributed by atoms with Crippen LogP contribution >= 0.6 is 0 Å². The number of nitrogens with zero attached hydrogens (tertiary/aromatic N) is 1. The fraction of sp³-hybridized carbons (Fsp3) is 0.667. The van der Waals surface area contributed by atoms with Gasteiger partial charge in [-0.3, -0.25) is 0 Å². The fourth-order valence-electron chi connectivity index (χ4n) is 0.901. The lowest BCUT2D eigenvalue weighted by molar-refractivity contribution is 0.478. The van der Waals surface area contributed by atoms with Crippen molar-refractivity contribution in [2.75, 3.05) is 0 Å². The molecule has 0 amide bonds. The average Bonchev–Trinajstić information content (AvgIpc) is 2.33. The molecule has 2 nitrogen and oxygen atoms in total. The van der Waals surface area contributed by atoms with Gasteiger partial charge in [0.15, 0.2) is 5.89 Å². The van der Waals surface area contributed by atoms with Gasteiger partial charge in [-0.25, -0.2) is 4.98 Å². The maximum Gasteiger partial charge on any atom is 0.191 e. The van der Waals surface area contributed by atoms with Crippen LogP contribution in [0.4, 0.5) is 0 Å². The summed E-state index contributed by atoms with van der Waals surface area (Å²) in [6.45, 7) is 9.90. The SMILES string of the molecule is CC.CCc1oc(C)nc1C. The minimum absolute atomic E-state index is 0.768. The first-order chi connectivity index (χ1) is 5.24. The molecule has 0 unspecified atom stereocenters. The van der Waals surface area contributed by atoms with Crippen molar-refractivity contribution in [2.45, 2.75) is 41.0 Å². The van der Waals surface area contributed by atoms with E-state index >= 15 is 0 Å². The second kappa shape index (κ2) is 4.94. The van der Waals surface area contributed by atoms with Gasteiger partial charge in [0, 0.05) is 13.3 Å². The molecule has 0 atom stereocenters. The van der Waals surface area contributed by atoms with E-state index in [-0.39, 0.29) is 0 Å². The zero-order valence-electron chi connectivity index (χ0n) is 8.06. The molecule has 1 aromatic rings. The predicted molar refractivity (Wildman–Crippen MR) is 46.7 cm³/mol. The second-order valence-electron chi connectivity index (χ2n) is 2.10. The van der Waals surface area contributed by atoms with Gasteiger partial charge in [-0.2, -0.15) is 0 Å². The van der Waals surface area contributed by atoms with Crippen molar-refractivity contribution in [2.24, 2.45) is 0 Å². The van der Waals surface area contributed by atoms with Gasteiger partial charge >= 0.3 is 0 Å². The molecule has 64 valence electrons. The van der Waals surface area contributed by atoms with Crippen LogP contribution in [0, 0.1) is 13.8 Å². The van der Waals surface area contributed by atoms with Crippen molar-refractivity contribution in [1.29, 1.82) is 0 Å². The molecule has 0 fully saturated rings.